The van der Waals surface area contributed by atoms with Gasteiger partial charge in [0.1, 0.15) is 5.75 Å². The molecule has 25 heavy (non-hydrogen) atoms. The van der Waals surface area contributed by atoms with Crippen LogP contribution in [0.25, 0.3) is 0 Å². The Morgan fingerprint density at radius 1 is 1.16 bits per heavy atom. The highest BCUT2D eigenvalue weighted by Gasteiger charge is 2.21. The van der Waals surface area contributed by atoms with E-state index >= 15 is 0 Å². The summed E-state index contributed by atoms with van der Waals surface area (Å²) in [6, 6.07) is 8.40. The Kier molecular flexibility index (Phi) is 6.49. The Morgan fingerprint density at radius 3 is 2.52 bits per heavy atom. The monoisotopic (exact) mass is 399 g/mol. The van der Waals surface area contributed by atoms with Gasteiger partial charge in [0, 0.05) is 15.3 Å². The quantitative estimate of drug-likeness (QED) is 0.696. The van der Waals surface area contributed by atoms with Crippen LogP contribution in [-0.2, 0) is 11.3 Å². The summed E-state index contributed by atoms with van der Waals surface area (Å²) in [6.45, 7) is 5.84. The zero-order valence-electron chi connectivity index (χ0n) is 14.2. The number of benzene rings is 1. The molecule has 1 aromatic carbocycles. The second-order valence-electron chi connectivity index (χ2n) is 6.49. The maximum Gasteiger partial charge on any atom is 0.225 e. The van der Waals surface area contributed by atoms with Crippen LogP contribution in [0.2, 0.25) is 10.0 Å². The fourth-order valence-electron chi connectivity index (χ4n) is 1.86. The van der Waals surface area contributed by atoms with E-state index in [-0.39, 0.29) is 18.3 Å². The topological polar surface area (TPSA) is 55.4 Å². The molecule has 0 bridgehead atoms. The maximum absolute atomic E-state index is 12.2. The van der Waals surface area contributed by atoms with Crippen molar-refractivity contribution in [3.63, 3.8) is 0 Å². The molecule has 0 aliphatic carbocycles. The van der Waals surface area contributed by atoms with E-state index < -0.39 is 5.41 Å². The lowest BCUT2D eigenvalue weighted by atomic mass is 9.96. The van der Waals surface area contributed by atoms with Gasteiger partial charge in [0.15, 0.2) is 6.61 Å². The van der Waals surface area contributed by atoms with Crippen LogP contribution in [0.4, 0.5) is 0 Å². The van der Waals surface area contributed by atoms with E-state index in [1.165, 1.54) is 11.3 Å². The predicted molar refractivity (Wildman–Crippen MR) is 102 cm³/mol. The SMILES string of the molecule is CC(C)(C)C(=O)NCc1ccc(C(=O)COc2ccc(Cl)cc2Cl)s1. The largest absolute Gasteiger partial charge is 0.484 e. The molecule has 1 N–H and O–H groups in total. The zero-order valence-corrected chi connectivity index (χ0v) is 16.5. The van der Waals surface area contributed by atoms with Crippen molar-refractivity contribution >= 4 is 46.2 Å². The first-order valence-electron chi connectivity index (χ1n) is 7.65. The van der Waals surface area contributed by atoms with Crippen molar-refractivity contribution in [2.75, 3.05) is 6.61 Å². The summed E-state index contributed by atoms with van der Waals surface area (Å²) >= 11 is 13.2. The molecular formula is C18H19Cl2NO3S. The van der Waals surface area contributed by atoms with Gasteiger partial charge in [-0.3, -0.25) is 9.59 Å². The number of ether oxygens (including phenoxy) is 1. The van der Waals surface area contributed by atoms with Crippen molar-refractivity contribution in [1.82, 2.24) is 5.32 Å². The maximum atomic E-state index is 12.2. The Labute approximate surface area is 161 Å². The highest BCUT2D eigenvalue weighted by atomic mass is 35.5. The second kappa shape index (κ2) is 8.21. The van der Waals surface area contributed by atoms with Crippen molar-refractivity contribution in [2.45, 2.75) is 27.3 Å². The van der Waals surface area contributed by atoms with E-state index in [9.17, 15) is 9.59 Å². The van der Waals surface area contributed by atoms with E-state index in [1.807, 2.05) is 26.8 Å². The molecule has 0 saturated heterocycles. The van der Waals surface area contributed by atoms with E-state index in [0.717, 1.165) is 4.88 Å². The third-order valence-electron chi connectivity index (χ3n) is 3.29. The highest BCUT2D eigenvalue weighted by Crippen LogP contribution is 2.28. The van der Waals surface area contributed by atoms with Crippen LogP contribution in [0.1, 0.15) is 35.3 Å². The van der Waals surface area contributed by atoms with Gasteiger partial charge in [-0.1, -0.05) is 44.0 Å². The molecule has 0 aliphatic heterocycles. The lowest BCUT2D eigenvalue weighted by Crippen LogP contribution is -2.34. The summed E-state index contributed by atoms with van der Waals surface area (Å²) in [6.07, 6.45) is 0. The van der Waals surface area contributed by atoms with Gasteiger partial charge in [-0.25, -0.2) is 0 Å². The molecule has 1 heterocycles. The number of carbonyl (C=O) groups excluding carboxylic acids is 2. The minimum atomic E-state index is -0.443. The lowest BCUT2D eigenvalue weighted by Gasteiger charge is -2.17. The third-order valence-corrected chi connectivity index (χ3v) is 4.95. The molecular weight excluding hydrogens is 381 g/mol. The number of halogens is 2. The molecule has 0 aliphatic rings. The van der Waals surface area contributed by atoms with Crippen LogP contribution >= 0.6 is 34.5 Å². The molecule has 0 fully saturated rings. The first-order valence-corrected chi connectivity index (χ1v) is 9.22. The molecule has 7 heteroatoms. The van der Waals surface area contributed by atoms with Crippen LogP contribution in [0.3, 0.4) is 0 Å². The lowest BCUT2D eigenvalue weighted by molar-refractivity contribution is -0.128. The minimum absolute atomic E-state index is 0.0329. The van der Waals surface area contributed by atoms with Crippen LogP contribution in [-0.4, -0.2) is 18.3 Å². The van der Waals surface area contributed by atoms with Gasteiger partial charge in [-0.2, -0.15) is 0 Å². The molecule has 0 unspecified atom stereocenters. The smallest absolute Gasteiger partial charge is 0.225 e. The fraction of sp³-hybridized carbons (Fsp3) is 0.333. The molecule has 1 amide bonds. The van der Waals surface area contributed by atoms with Crippen molar-refractivity contribution in [3.8, 4) is 5.75 Å². The summed E-state index contributed by atoms with van der Waals surface area (Å²) < 4.78 is 5.46. The molecule has 0 radical (unpaired) electrons. The highest BCUT2D eigenvalue weighted by molar-refractivity contribution is 7.14. The number of ketones is 1. The number of amides is 1. The summed E-state index contributed by atoms with van der Waals surface area (Å²) in [5.41, 5.74) is -0.443. The third kappa shape index (κ3) is 5.73. The van der Waals surface area contributed by atoms with Crippen molar-refractivity contribution in [3.05, 3.63) is 50.1 Å². The van der Waals surface area contributed by atoms with Crippen LogP contribution in [0, 0.1) is 5.41 Å². The number of carbonyl (C=O) groups is 2. The number of hydrogen-bond acceptors (Lipinski definition) is 4. The molecule has 0 saturated carbocycles. The van der Waals surface area contributed by atoms with E-state index in [2.05, 4.69) is 5.32 Å². The number of rotatable bonds is 6. The average molecular weight is 400 g/mol. The van der Waals surface area contributed by atoms with Crippen LogP contribution < -0.4 is 10.1 Å². The number of Topliss-reactive ketones (excluding diaryl/α,β-unsaturated/α-hetero) is 1. The van der Waals surface area contributed by atoms with Crippen LogP contribution in [0.5, 0.6) is 5.75 Å². The molecule has 4 nitrogen and oxygen atoms in total. The van der Waals surface area contributed by atoms with E-state index in [0.29, 0.717) is 27.2 Å². The van der Waals surface area contributed by atoms with Gasteiger partial charge in [0.2, 0.25) is 11.7 Å². The summed E-state index contributed by atoms with van der Waals surface area (Å²) in [4.78, 5) is 25.6. The molecule has 2 aromatic rings. The van der Waals surface area contributed by atoms with Gasteiger partial charge in [0.25, 0.3) is 0 Å². The fourth-order valence-corrected chi connectivity index (χ4v) is 3.20. The van der Waals surface area contributed by atoms with Crippen LogP contribution in [0.15, 0.2) is 30.3 Å². The van der Waals surface area contributed by atoms with Gasteiger partial charge in [0.05, 0.1) is 16.4 Å². The molecule has 1 aromatic heterocycles. The Bertz CT molecular complexity index is 781. The Balaban J connectivity index is 1.90. The summed E-state index contributed by atoms with van der Waals surface area (Å²) in [5, 5.41) is 3.72. The zero-order chi connectivity index (χ0) is 18.6. The average Bonchev–Trinajstić information content (AvgIpc) is 2.99. The van der Waals surface area contributed by atoms with Crippen molar-refractivity contribution in [1.29, 1.82) is 0 Å². The standard InChI is InChI=1S/C18H19Cl2NO3S/c1-18(2,3)17(23)21-9-12-5-7-16(25-12)14(22)10-24-15-6-4-11(19)8-13(15)20/h4-8H,9-10H2,1-3H3,(H,21,23). The number of hydrogen-bond donors (Lipinski definition) is 1. The van der Waals surface area contributed by atoms with Gasteiger partial charge < -0.3 is 10.1 Å². The van der Waals surface area contributed by atoms with Gasteiger partial charge >= 0.3 is 0 Å². The first kappa shape index (κ1) is 19.8. The predicted octanol–water partition coefficient (Wildman–Crippen LogP) is 4.98. The number of thiophene rings is 1. The first-order chi connectivity index (χ1) is 11.7. The second-order valence-corrected chi connectivity index (χ2v) is 8.50. The van der Waals surface area contributed by atoms with Crippen molar-refractivity contribution < 1.29 is 14.3 Å². The molecule has 0 spiro atoms. The van der Waals surface area contributed by atoms with Gasteiger partial charge in [-0.15, -0.1) is 11.3 Å². The Morgan fingerprint density at radius 2 is 1.88 bits per heavy atom. The molecule has 0 atom stereocenters. The van der Waals surface area contributed by atoms with E-state index in [1.54, 1.807) is 24.3 Å². The summed E-state index contributed by atoms with van der Waals surface area (Å²) in [5.74, 6) is 0.229. The van der Waals surface area contributed by atoms with Gasteiger partial charge in [-0.05, 0) is 30.3 Å². The normalized spacial score (nSPS) is 11.2. The van der Waals surface area contributed by atoms with E-state index in [4.69, 9.17) is 27.9 Å². The number of nitrogens with one attached hydrogen (secondary N) is 1. The minimum Gasteiger partial charge on any atom is -0.484 e. The van der Waals surface area contributed by atoms with Crippen molar-refractivity contribution in [2.24, 2.45) is 5.41 Å². The molecule has 134 valence electrons. The summed E-state index contributed by atoms with van der Waals surface area (Å²) in [7, 11) is 0. The Hall–Kier alpha value is -1.56. The molecule has 2 rings (SSSR count).